The van der Waals surface area contributed by atoms with Gasteiger partial charge in [0.25, 0.3) is 0 Å². The van der Waals surface area contributed by atoms with Crippen molar-refractivity contribution in [3.8, 4) is 22.8 Å². The van der Waals surface area contributed by atoms with Crippen LogP contribution in [0.1, 0.15) is 5.56 Å². The second-order valence-electron chi connectivity index (χ2n) is 6.97. The minimum absolute atomic E-state index is 0.125. The Bertz CT molecular complexity index is 1240. The second-order valence-corrected chi connectivity index (χ2v) is 7.91. The number of nitrogens with one attached hydrogen (secondary N) is 1. The molecule has 0 saturated carbocycles. The number of amides is 1. The van der Waals surface area contributed by atoms with Gasteiger partial charge in [-0.25, -0.2) is 4.39 Å². The first-order valence-corrected chi connectivity index (χ1v) is 10.9. The van der Waals surface area contributed by atoms with Gasteiger partial charge in [0.05, 0.1) is 24.1 Å². The zero-order chi connectivity index (χ0) is 22.5. The summed E-state index contributed by atoms with van der Waals surface area (Å²) < 4.78 is 21.5. The summed E-state index contributed by atoms with van der Waals surface area (Å²) in [7, 11) is 1.59. The number of halogens is 1. The highest BCUT2D eigenvalue weighted by Crippen LogP contribution is 2.30. The topological polar surface area (TPSA) is 69.0 Å². The normalized spacial score (nSPS) is 10.7. The quantitative estimate of drug-likeness (QED) is 0.398. The molecule has 0 aliphatic carbocycles. The van der Waals surface area contributed by atoms with E-state index in [-0.39, 0.29) is 11.7 Å². The molecule has 1 heterocycles. The Kier molecular flexibility index (Phi) is 6.51. The maximum absolute atomic E-state index is 14.5. The number of benzene rings is 3. The van der Waals surface area contributed by atoms with E-state index in [2.05, 4.69) is 15.5 Å². The number of methoxy groups -OCH3 is 1. The lowest BCUT2D eigenvalue weighted by atomic mass is 10.2. The maximum Gasteiger partial charge on any atom is 0.234 e. The smallest absolute Gasteiger partial charge is 0.234 e. The third-order valence-corrected chi connectivity index (χ3v) is 5.76. The number of ether oxygens (including phenoxy) is 1. The highest BCUT2D eigenvalue weighted by molar-refractivity contribution is 7.99. The number of aryl methyl sites for hydroxylation is 1. The summed E-state index contributed by atoms with van der Waals surface area (Å²) in [5, 5.41) is 11.9. The molecule has 8 heteroatoms. The average Bonchev–Trinajstić information content (AvgIpc) is 3.23. The van der Waals surface area contributed by atoms with Gasteiger partial charge in [-0.05, 0) is 55.0 Å². The number of carbonyl (C=O) groups is 1. The number of nitrogens with zero attached hydrogens (tertiary/aromatic N) is 3. The first-order valence-electron chi connectivity index (χ1n) is 9.90. The van der Waals surface area contributed by atoms with Crippen LogP contribution in [0.25, 0.3) is 17.1 Å². The van der Waals surface area contributed by atoms with Crippen molar-refractivity contribution in [3.05, 3.63) is 84.2 Å². The minimum atomic E-state index is -0.400. The van der Waals surface area contributed by atoms with Crippen LogP contribution in [-0.2, 0) is 4.79 Å². The molecule has 0 atom stereocenters. The largest absolute Gasteiger partial charge is 0.497 e. The molecule has 0 fully saturated rings. The predicted molar refractivity (Wildman–Crippen MR) is 124 cm³/mol. The lowest BCUT2D eigenvalue weighted by Crippen LogP contribution is -2.15. The molecule has 0 saturated heterocycles. The molecule has 3 aromatic carbocycles. The van der Waals surface area contributed by atoms with Crippen LogP contribution in [-0.4, -0.2) is 33.5 Å². The summed E-state index contributed by atoms with van der Waals surface area (Å²) in [6.07, 6.45) is 0. The lowest BCUT2D eigenvalue weighted by molar-refractivity contribution is -0.113. The molecular weight excluding hydrogens is 427 g/mol. The van der Waals surface area contributed by atoms with Gasteiger partial charge in [0.1, 0.15) is 11.6 Å². The summed E-state index contributed by atoms with van der Waals surface area (Å²) in [4.78, 5) is 12.5. The van der Waals surface area contributed by atoms with E-state index in [0.717, 1.165) is 16.9 Å². The van der Waals surface area contributed by atoms with Crippen LogP contribution in [0.2, 0.25) is 0 Å². The molecule has 0 unspecified atom stereocenters. The molecule has 1 aromatic heterocycles. The molecule has 6 nitrogen and oxygen atoms in total. The highest BCUT2D eigenvalue weighted by atomic mass is 32.2. The van der Waals surface area contributed by atoms with Crippen molar-refractivity contribution in [1.29, 1.82) is 0 Å². The van der Waals surface area contributed by atoms with E-state index in [1.54, 1.807) is 42.0 Å². The van der Waals surface area contributed by atoms with E-state index in [9.17, 15) is 9.18 Å². The summed E-state index contributed by atoms with van der Waals surface area (Å²) in [6, 6.07) is 21.3. The molecule has 1 N–H and O–H groups in total. The number of thioether (sulfide) groups is 1. The van der Waals surface area contributed by atoms with Crippen molar-refractivity contribution in [2.45, 2.75) is 12.1 Å². The first-order chi connectivity index (χ1) is 15.6. The molecule has 1 amide bonds. The molecule has 162 valence electrons. The SMILES string of the molecule is COc1ccc(-n2c(SCC(=O)Nc3ccccc3C)nnc2-c2ccccc2F)cc1. The standard InChI is InChI=1S/C24H21FN4O2S/c1-16-7-3-6-10-21(16)26-22(30)15-32-24-28-27-23(19-8-4-5-9-20(19)25)29(24)17-11-13-18(31-2)14-12-17/h3-14H,15H2,1-2H3,(H,26,30). The van der Waals surface area contributed by atoms with Crippen LogP contribution in [0.4, 0.5) is 10.1 Å². The Morgan fingerprint density at radius 1 is 1.03 bits per heavy atom. The monoisotopic (exact) mass is 448 g/mol. The Morgan fingerprint density at radius 2 is 1.75 bits per heavy atom. The van der Waals surface area contributed by atoms with Crippen molar-refractivity contribution in [3.63, 3.8) is 0 Å². The summed E-state index contributed by atoms with van der Waals surface area (Å²) >= 11 is 1.23. The summed E-state index contributed by atoms with van der Waals surface area (Å²) in [5.41, 5.74) is 2.80. The van der Waals surface area contributed by atoms with Gasteiger partial charge in [0.15, 0.2) is 11.0 Å². The number of aromatic nitrogens is 3. The average molecular weight is 449 g/mol. The number of carbonyl (C=O) groups excluding carboxylic acids is 1. The Hall–Kier alpha value is -3.65. The molecule has 0 aliphatic heterocycles. The summed E-state index contributed by atoms with van der Waals surface area (Å²) in [5.74, 6) is 0.612. The highest BCUT2D eigenvalue weighted by Gasteiger charge is 2.19. The van der Waals surface area contributed by atoms with Crippen molar-refractivity contribution in [2.24, 2.45) is 0 Å². The van der Waals surface area contributed by atoms with E-state index >= 15 is 0 Å². The van der Waals surface area contributed by atoms with E-state index in [1.165, 1.54) is 17.8 Å². The van der Waals surface area contributed by atoms with Crippen LogP contribution in [0.15, 0.2) is 78.0 Å². The van der Waals surface area contributed by atoms with Gasteiger partial charge in [-0.15, -0.1) is 10.2 Å². The van der Waals surface area contributed by atoms with E-state index in [0.29, 0.717) is 22.3 Å². The fourth-order valence-electron chi connectivity index (χ4n) is 3.17. The van der Waals surface area contributed by atoms with Crippen molar-refractivity contribution in [1.82, 2.24) is 14.8 Å². The maximum atomic E-state index is 14.5. The van der Waals surface area contributed by atoms with Crippen LogP contribution in [0.3, 0.4) is 0 Å². The minimum Gasteiger partial charge on any atom is -0.497 e. The second kappa shape index (κ2) is 9.65. The van der Waals surface area contributed by atoms with Crippen LogP contribution >= 0.6 is 11.8 Å². The van der Waals surface area contributed by atoms with Crippen LogP contribution < -0.4 is 10.1 Å². The predicted octanol–water partition coefficient (Wildman–Crippen LogP) is 5.12. The molecule has 0 aliphatic rings. The number of rotatable bonds is 7. The molecular formula is C24H21FN4O2S. The summed E-state index contributed by atoms with van der Waals surface area (Å²) in [6.45, 7) is 1.93. The van der Waals surface area contributed by atoms with Crippen LogP contribution in [0.5, 0.6) is 5.75 Å². The molecule has 0 bridgehead atoms. The van der Waals surface area contributed by atoms with Crippen molar-refractivity contribution >= 4 is 23.4 Å². The van der Waals surface area contributed by atoms with E-state index in [4.69, 9.17) is 4.74 Å². The number of hydrogen-bond donors (Lipinski definition) is 1. The molecule has 4 aromatic rings. The Labute approximate surface area is 189 Å². The van der Waals surface area contributed by atoms with Gasteiger partial charge >= 0.3 is 0 Å². The van der Waals surface area contributed by atoms with Gasteiger partial charge in [-0.1, -0.05) is 42.1 Å². The lowest BCUT2D eigenvalue weighted by Gasteiger charge is -2.12. The first kappa shape index (κ1) is 21.6. The third-order valence-electron chi connectivity index (χ3n) is 4.83. The number of para-hydroxylation sites is 1. The van der Waals surface area contributed by atoms with Crippen molar-refractivity contribution in [2.75, 3.05) is 18.2 Å². The molecule has 0 spiro atoms. The molecule has 0 radical (unpaired) electrons. The van der Waals surface area contributed by atoms with Gasteiger partial charge < -0.3 is 10.1 Å². The van der Waals surface area contributed by atoms with Gasteiger partial charge in [0.2, 0.25) is 5.91 Å². The number of hydrogen-bond acceptors (Lipinski definition) is 5. The van der Waals surface area contributed by atoms with Gasteiger partial charge in [-0.3, -0.25) is 9.36 Å². The van der Waals surface area contributed by atoms with Crippen molar-refractivity contribution < 1.29 is 13.9 Å². The van der Waals surface area contributed by atoms with Gasteiger partial charge in [0, 0.05) is 5.69 Å². The zero-order valence-corrected chi connectivity index (χ0v) is 18.4. The Balaban J connectivity index is 1.63. The molecule has 4 rings (SSSR count). The van der Waals surface area contributed by atoms with E-state index in [1.807, 2.05) is 43.3 Å². The fraction of sp³-hybridized carbons (Fsp3) is 0.125. The van der Waals surface area contributed by atoms with E-state index < -0.39 is 5.82 Å². The third kappa shape index (κ3) is 4.65. The zero-order valence-electron chi connectivity index (χ0n) is 17.6. The number of anilines is 1. The van der Waals surface area contributed by atoms with Crippen LogP contribution in [0, 0.1) is 12.7 Å². The molecule has 32 heavy (non-hydrogen) atoms. The van der Waals surface area contributed by atoms with Gasteiger partial charge in [-0.2, -0.15) is 0 Å². The fourth-order valence-corrected chi connectivity index (χ4v) is 3.93. The Morgan fingerprint density at radius 3 is 2.47 bits per heavy atom.